The second-order valence-electron chi connectivity index (χ2n) is 4.79. The van der Waals surface area contributed by atoms with Gasteiger partial charge in [-0.25, -0.2) is 0 Å². The molecule has 1 N–H and O–H groups in total. The van der Waals surface area contributed by atoms with E-state index in [0.29, 0.717) is 18.8 Å². The molecule has 0 saturated carbocycles. The maximum Gasteiger partial charge on any atom is 0.145 e. The van der Waals surface area contributed by atoms with Crippen LogP contribution in [0.1, 0.15) is 24.2 Å². The van der Waals surface area contributed by atoms with Gasteiger partial charge < -0.3 is 14.3 Å². The van der Waals surface area contributed by atoms with Crippen LogP contribution in [0.5, 0.6) is 0 Å². The molecule has 1 aliphatic rings. The lowest BCUT2D eigenvalue weighted by Crippen LogP contribution is -2.35. The zero-order chi connectivity index (χ0) is 11.9. The molecule has 0 bridgehead atoms. The lowest BCUT2D eigenvalue weighted by atomic mass is 9.94. The molecule has 3 rings (SSSR count). The van der Waals surface area contributed by atoms with Gasteiger partial charge in [0.1, 0.15) is 16.9 Å². The molecule has 17 heavy (non-hydrogen) atoms. The van der Waals surface area contributed by atoms with Gasteiger partial charge in [0.2, 0.25) is 0 Å². The third-order valence-corrected chi connectivity index (χ3v) is 3.42. The molecule has 1 aliphatic heterocycles. The summed E-state index contributed by atoms with van der Waals surface area (Å²) in [6, 6.07) is 7.94. The van der Waals surface area contributed by atoms with E-state index in [1.165, 1.54) is 0 Å². The fourth-order valence-electron chi connectivity index (χ4n) is 2.41. The number of para-hydroxylation sites is 1. The second-order valence-corrected chi connectivity index (χ2v) is 4.79. The van der Waals surface area contributed by atoms with E-state index in [1.54, 1.807) is 0 Å². The molecule has 0 radical (unpaired) electrons. The minimum absolute atomic E-state index is 0.325. The van der Waals surface area contributed by atoms with Crippen molar-refractivity contribution in [3.05, 3.63) is 35.6 Å². The highest BCUT2D eigenvalue weighted by Crippen LogP contribution is 2.34. The number of hydrogen-bond donors (Lipinski definition) is 1. The first kappa shape index (κ1) is 10.8. The van der Waals surface area contributed by atoms with E-state index in [0.717, 1.165) is 29.6 Å². The van der Waals surface area contributed by atoms with Gasteiger partial charge in [-0.05, 0) is 31.4 Å². The van der Waals surface area contributed by atoms with Gasteiger partial charge in [-0.1, -0.05) is 18.2 Å². The molecule has 3 nitrogen and oxygen atoms in total. The largest absolute Gasteiger partial charge is 0.458 e. The Hall–Kier alpha value is -1.32. The maximum absolute atomic E-state index is 10.5. The average Bonchev–Trinajstić information content (AvgIpc) is 2.76. The summed E-state index contributed by atoms with van der Waals surface area (Å²) in [5.41, 5.74) is 1.000. The minimum atomic E-state index is -0.955. The van der Waals surface area contributed by atoms with E-state index in [2.05, 4.69) is 0 Å². The van der Waals surface area contributed by atoms with Gasteiger partial charge in [0.25, 0.3) is 0 Å². The number of aliphatic hydroxyl groups is 1. The molecular formula is C14H16O3. The summed E-state index contributed by atoms with van der Waals surface area (Å²) in [4.78, 5) is 0. The fourth-order valence-corrected chi connectivity index (χ4v) is 2.41. The quantitative estimate of drug-likeness (QED) is 0.822. The van der Waals surface area contributed by atoms with Gasteiger partial charge in [0.15, 0.2) is 0 Å². The van der Waals surface area contributed by atoms with Crippen LogP contribution in [0.3, 0.4) is 0 Å². The maximum atomic E-state index is 10.5. The topological polar surface area (TPSA) is 42.6 Å². The van der Waals surface area contributed by atoms with Gasteiger partial charge >= 0.3 is 0 Å². The van der Waals surface area contributed by atoms with Crippen LogP contribution >= 0.6 is 0 Å². The van der Waals surface area contributed by atoms with Crippen molar-refractivity contribution >= 4 is 11.0 Å². The summed E-state index contributed by atoms with van der Waals surface area (Å²) in [6.07, 6.45) is 1.57. The Kier molecular flexibility index (Phi) is 2.45. The zero-order valence-corrected chi connectivity index (χ0v) is 9.90. The molecule has 1 aromatic heterocycles. The standard InChI is InChI=1S/C14H16O3/c1-10-4-2-5-11-8-12(17-13(10)11)14(15)6-3-7-16-9-14/h2,4-5,8,15H,3,6-7,9H2,1H3. The van der Waals surface area contributed by atoms with E-state index in [9.17, 15) is 5.11 Å². The first-order valence-electron chi connectivity index (χ1n) is 5.99. The van der Waals surface area contributed by atoms with Gasteiger partial charge in [-0.15, -0.1) is 0 Å². The van der Waals surface area contributed by atoms with Crippen molar-refractivity contribution in [3.8, 4) is 0 Å². The van der Waals surface area contributed by atoms with Crippen molar-refractivity contribution in [2.24, 2.45) is 0 Å². The molecule has 1 aromatic carbocycles. The lowest BCUT2D eigenvalue weighted by molar-refractivity contribution is -0.101. The number of fused-ring (bicyclic) bond motifs is 1. The first-order valence-corrected chi connectivity index (χ1v) is 5.99. The molecule has 1 atom stereocenters. The number of rotatable bonds is 1. The summed E-state index contributed by atoms with van der Waals surface area (Å²) >= 11 is 0. The summed E-state index contributed by atoms with van der Waals surface area (Å²) in [5, 5.41) is 11.6. The molecular weight excluding hydrogens is 216 g/mol. The van der Waals surface area contributed by atoms with Crippen LogP contribution in [0.4, 0.5) is 0 Å². The van der Waals surface area contributed by atoms with Gasteiger partial charge in [0, 0.05) is 12.0 Å². The van der Waals surface area contributed by atoms with E-state index < -0.39 is 5.60 Å². The van der Waals surface area contributed by atoms with Crippen molar-refractivity contribution in [3.63, 3.8) is 0 Å². The lowest BCUT2D eigenvalue weighted by Gasteiger charge is -2.29. The normalized spacial score (nSPS) is 25.3. The Labute approximate surface area is 100.0 Å². The number of ether oxygens (including phenoxy) is 1. The van der Waals surface area contributed by atoms with E-state index >= 15 is 0 Å². The van der Waals surface area contributed by atoms with E-state index in [-0.39, 0.29) is 0 Å². The Morgan fingerprint density at radius 3 is 2.94 bits per heavy atom. The van der Waals surface area contributed by atoms with Crippen molar-refractivity contribution in [2.45, 2.75) is 25.4 Å². The molecule has 2 aromatic rings. The summed E-state index contributed by atoms with van der Waals surface area (Å²) < 4.78 is 11.2. The number of aryl methyl sites for hydroxylation is 1. The number of hydrogen-bond acceptors (Lipinski definition) is 3. The SMILES string of the molecule is Cc1cccc2cc(C3(O)CCCOC3)oc12. The van der Waals surface area contributed by atoms with Crippen LogP contribution in [-0.4, -0.2) is 18.3 Å². The monoisotopic (exact) mass is 232 g/mol. The van der Waals surface area contributed by atoms with E-state index in [4.69, 9.17) is 9.15 Å². The van der Waals surface area contributed by atoms with Crippen molar-refractivity contribution in [1.29, 1.82) is 0 Å². The molecule has 0 amide bonds. The van der Waals surface area contributed by atoms with Crippen LogP contribution in [0.15, 0.2) is 28.7 Å². The van der Waals surface area contributed by atoms with Crippen LogP contribution in [0.2, 0.25) is 0 Å². The van der Waals surface area contributed by atoms with Crippen LogP contribution < -0.4 is 0 Å². The highest BCUT2D eigenvalue weighted by Gasteiger charge is 2.35. The third kappa shape index (κ3) is 1.75. The molecule has 0 spiro atoms. The molecule has 1 saturated heterocycles. The van der Waals surface area contributed by atoms with Gasteiger partial charge in [-0.3, -0.25) is 0 Å². The highest BCUT2D eigenvalue weighted by molar-refractivity contribution is 5.81. The number of furan rings is 1. The minimum Gasteiger partial charge on any atom is -0.458 e. The van der Waals surface area contributed by atoms with E-state index in [1.807, 2.05) is 31.2 Å². The van der Waals surface area contributed by atoms with Crippen molar-refractivity contribution in [2.75, 3.05) is 13.2 Å². The zero-order valence-electron chi connectivity index (χ0n) is 9.90. The predicted molar refractivity (Wildman–Crippen MR) is 64.9 cm³/mol. The van der Waals surface area contributed by atoms with Crippen molar-refractivity contribution < 1.29 is 14.3 Å². The first-order chi connectivity index (χ1) is 8.19. The van der Waals surface area contributed by atoms with Crippen molar-refractivity contribution in [1.82, 2.24) is 0 Å². The molecule has 3 heteroatoms. The summed E-state index contributed by atoms with van der Waals surface area (Å²) in [7, 11) is 0. The Morgan fingerprint density at radius 2 is 2.24 bits per heavy atom. The van der Waals surface area contributed by atoms with Crippen LogP contribution in [0.25, 0.3) is 11.0 Å². The Balaban J connectivity index is 2.08. The van der Waals surface area contributed by atoms with Crippen LogP contribution in [-0.2, 0) is 10.3 Å². The van der Waals surface area contributed by atoms with Gasteiger partial charge in [-0.2, -0.15) is 0 Å². The Morgan fingerprint density at radius 1 is 1.35 bits per heavy atom. The highest BCUT2D eigenvalue weighted by atomic mass is 16.5. The predicted octanol–water partition coefficient (Wildman–Crippen LogP) is 2.74. The fraction of sp³-hybridized carbons (Fsp3) is 0.429. The summed E-state index contributed by atoms with van der Waals surface area (Å²) in [5.74, 6) is 0.626. The number of benzene rings is 1. The molecule has 2 heterocycles. The van der Waals surface area contributed by atoms with Crippen LogP contribution in [0, 0.1) is 6.92 Å². The molecule has 0 aliphatic carbocycles. The molecule has 1 unspecified atom stereocenters. The second kappa shape index (κ2) is 3.86. The average molecular weight is 232 g/mol. The summed E-state index contributed by atoms with van der Waals surface area (Å²) in [6.45, 7) is 3.06. The molecule has 1 fully saturated rings. The molecule has 90 valence electrons. The third-order valence-electron chi connectivity index (χ3n) is 3.42. The van der Waals surface area contributed by atoms with Gasteiger partial charge in [0.05, 0.1) is 6.61 Å². The smallest absolute Gasteiger partial charge is 0.145 e. The Bertz CT molecular complexity index is 535.